The molecular formula is C28H28FN3O2S. The van der Waals surface area contributed by atoms with Gasteiger partial charge in [0.2, 0.25) is 0 Å². The van der Waals surface area contributed by atoms with Gasteiger partial charge in [0.05, 0.1) is 13.2 Å². The summed E-state index contributed by atoms with van der Waals surface area (Å²) < 4.78 is 19.1. The van der Waals surface area contributed by atoms with Crippen molar-refractivity contribution in [1.82, 2.24) is 15.2 Å². The van der Waals surface area contributed by atoms with Crippen LogP contribution in [-0.2, 0) is 22.5 Å². The smallest absolute Gasteiger partial charge is 0.323 e. The van der Waals surface area contributed by atoms with Crippen LogP contribution in [0.3, 0.4) is 0 Å². The molecule has 0 bridgehead atoms. The van der Waals surface area contributed by atoms with Gasteiger partial charge in [-0.15, -0.1) is 11.3 Å². The number of methoxy groups -OCH3 is 1. The van der Waals surface area contributed by atoms with Crippen LogP contribution in [0.15, 0.2) is 66.0 Å². The van der Waals surface area contributed by atoms with Gasteiger partial charge < -0.3 is 15.0 Å². The highest BCUT2D eigenvalue weighted by Gasteiger charge is 2.48. The molecular weight excluding hydrogens is 461 g/mol. The number of aromatic nitrogens is 1. The van der Waals surface area contributed by atoms with Gasteiger partial charge >= 0.3 is 5.97 Å². The molecule has 6 rings (SSSR count). The van der Waals surface area contributed by atoms with Gasteiger partial charge in [0, 0.05) is 46.5 Å². The van der Waals surface area contributed by atoms with Crippen LogP contribution in [0, 0.1) is 5.82 Å². The van der Waals surface area contributed by atoms with Crippen LogP contribution in [0.5, 0.6) is 0 Å². The van der Waals surface area contributed by atoms with Crippen LogP contribution in [-0.4, -0.2) is 35.0 Å². The molecule has 2 aliphatic rings. The molecule has 4 atom stereocenters. The molecule has 1 fully saturated rings. The second kappa shape index (κ2) is 9.22. The van der Waals surface area contributed by atoms with Gasteiger partial charge in [-0.05, 0) is 53.6 Å². The lowest BCUT2D eigenvalue weighted by Gasteiger charge is -2.50. The summed E-state index contributed by atoms with van der Waals surface area (Å²) in [6, 6.07) is 19.1. The molecule has 0 radical (unpaired) electrons. The average Bonchev–Trinajstić information content (AvgIpc) is 3.54. The van der Waals surface area contributed by atoms with Crippen molar-refractivity contribution in [2.24, 2.45) is 0 Å². The van der Waals surface area contributed by atoms with Crippen LogP contribution in [0.4, 0.5) is 4.39 Å². The number of nitrogens with zero attached hydrogens (tertiary/aromatic N) is 1. The first kappa shape index (κ1) is 22.5. The lowest BCUT2D eigenvalue weighted by atomic mass is 9.79. The Morgan fingerprint density at radius 3 is 2.69 bits per heavy atom. The summed E-state index contributed by atoms with van der Waals surface area (Å²) in [6.07, 6.45) is 2.29. The Morgan fingerprint density at radius 2 is 1.91 bits per heavy atom. The summed E-state index contributed by atoms with van der Waals surface area (Å²) in [6.45, 7) is 0.811. The fourth-order valence-electron chi connectivity index (χ4n) is 5.98. The van der Waals surface area contributed by atoms with E-state index in [4.69, 9.17) is 4.74 Å². The van der Waals surface area contributed by atoms with Gasteiger partial charge in [-0.2, -0.15) is 0 Å². The second-order valence-electron chi connectivity index (χ2n) is 9.46. The summed E-state index contributed by atoms with van der Waals surface area (Å²) in [4.78, 5) is 20.4. The van der Waals surface area contributed by atoms with E-state index >= 15 is 0 Å². The first-order valence-corrected chi connectivity index (χ1v) is 13.0. The minimum atomic E-state index is -0.398. The van der Waals surface area contributed by atoms with E-state index in [0.717, 1.165) is 30.5 Å². The van der Waals surface area contributed by atoms with Crippen molar-refractivity contribution in [3.05, 3.63) is 93.6 Å². The summed E-state index contributed by atoms with van der Waals surface area (Å²) in [5, 5.41) is 7.04. The molecule has 7 heteroatoms. The summed E-state index contributed by atoms with van der Waals surface area (Å²) >= 11 is 1.75. The number of piperidine rings is 1. The maximum absolute atomic E-state index is 13.8. The van der Waals surface area contributed by atoms with Gasteiger partial charge in [0.15, 0.2) is 0 Å². The zero-order valence-corrected chi connectivity index (χ0v) is 20.4. The highest BCUT2D eigenvalue weighted by molar-refractivity contribution is 7.09. The number of para-hydroxylation sites is 1. The molecule has 35 heavy (non-hydrogen) atoms. The molecule has 0 unspecified atom stereocenters. The molecule has 4 aromatic rings. The highest BCUT2D eigenvalue weighted by atomic mass is 32.1. The van der Waals surface area contributed by atoms with Crippen LogP contribution >= 0.6 is 11.3 Å². The molecule has 2 aliphatic heterocycles. The van der Waals surface area contributed by atoms with E-state index < -0.39 is 6.04 Å². The lowest BCUT2D eigenvalue weighted by molar-refractivity contribution is -0.152. The minimum Gasteiger partial charge on any atom is -0.468 e. The SMILES string of the molecule is COC(=O)[C@@H]1Cc2c([nH]c3ccccc23)[C@H]2C[C@@H](NCc3cccs3)C[C@@H](c3ccc(F)cc3)N21. The number of aromatic amines is 1. The lowest BCUT2D eigenvalue weighted by Crippen LogP contribution is -2.55. The maximum Gasteiger partial charge on any atom is 0.323 e. The van der Waals surface area contributed by atoms with E-state index in [1.165, 1.54) is 40.8 Å². The number of thiophene rings is 1. The zero-order chi connectivity index (χ0) is 23.9. The number of nitrogens with one attached hydrogen (secondary N) is 2. The Kier molecular flexibility index (Phi) is 5.92. The van der Waals surface area contributed by atoms with Gasteiger partial charge in [0.1, 0.15) is 11.9 Å². The van der Waals surface area contributed by atoms with Crippen molar-refractivity contribution < 1.29 is 13.9 Å². The first-order chi connectivity index (χ1) is 17.1. The van der Waals surface area contributed by atoms with Crippen LogP contribution < -0.4 is 5.32 Å². The van der Waals surface area contributed by atoms with Crippen LogP contribution in [0.1, 0.15) is 46.6 Å². The molecule has 0 amide bonds. The van der Waals surface area contributed by atoms with Crippen LogP contribution in [0.2, 0.25) is 0 Å². The third kappa shape index (κ3) is 4.07. The molecule has 0 saturated carbocycles. The third-order valence-corrected chi connectivity index (χ3v) is 8.42. The molecule has 180 valence electrons. The molecule has 5 nitrogen and oxygen atoms in total. The average molecular weight is 490 g/mol. The molecule has 2 aromatic heterocycles. The Bertz CT molecular complexity index is 1330. The fourth-order valence-corrected chi connectivity index (χ4v) is 6.64. The fraction of sp³-hybridized carbons (Fsp3) is 0.321. The molecule has 0 aliphatic carbocycles. The van der Waals surface area contributed by atoms with Gasteiger partial charge in [0.25, 0.3) is 0 Å². The number of esters is 1. The van der Waals surface area contributed by atoms with Crippen molar-refractivity contribution in [2.75, 3.05) is 7.11 Å². The van der Waals surface area contributed by atoms with Gasteiger partial charge in [-0.1, -0.05) is 36.4 Å². The topological polar surface area (TPSA) is 57.4 Å². The van der Waals surface area contributed by atoms with Crippen molar-refractivity contribution in [1.29, 1.82) is 0 Å². The number of carbonyl (C=O) groups excluding carboxylic acids is 1. The van der Waals surface area contributed by atoms with E-state index in [1.807, 2.05) is 24.3 Å². The third-order valence-electron chi connectivity index (χ3n) is 7.55. The number of H-pyrrole nitrogens is 1. The van der Waals surface area contributed by atoms with E-state index in [1.54, 1.807) is 11.3 Å². The monoisotopic (exact) mass is 489 g/mol. The summed E-state index contributed by atoms with van der Waals surface area (Å²) in [7, 11) is 1.46. The number of fused-ring (bicyclic) bond motifs is 5. The number of ether oxygens (including phenoxy) is 1. The van der Waals surface area contributed by atoms with Crippen LogP contribution in [0.25, 0.3) is 10.9 Å². The summed E-state index contributed by atoms with van der Waals surface area (Å²) in [5.74, 6) is -0.474. The van der Waals surface area contributed by atoms with E-state index in [9.17, 15) is 9.18 Å². The Morgan fingerprint density at radius 1 is 1.11 bits per heavy atom. The van der Waals surface area contributed by atoms with E-state index in [0.29, 0.717) is 6.42 Å². The van der Waals surface area contributed by atoms with Gasteiger partial charge in [-0.3, -0.25) is 9.69 Å². The maximum atomic E-state index is 13.8. The number of hydrogen-bond donors (Lipinski definition) is 2. The van der Waals surface area contributed by atoms with E-state index in [2.05, 4.69) is 44.8 Å². The normalized spacial score (nSPS) is 24.2. The highest BCUT2D eigenvalue weighted by Crippen LogP contribution is 2.48. The quantitative estimate of drug-likeness (QED) is 0.364. The number of hydrogen-bond acceptors (Lipinski definition) is 5. The van der Waals surface area contributed by atoms with Crippen molar-refractivity contribution in [3.8, 4) is 0 Å². The number of carbonyl (C=O) groups is 1. The summed E-state index contributed by atoms with van der Waals surface area (Å²) in [5.41, 5.74) is 4.50. The molecule has 2 aromatic carbocycles. The van der Waals surface area contributed by atoms with Gasteiger partial charge in [-0.25, -0.2) is 4.39 Å². The second-order valence-corrected chi connectivity index (χ2v) is 10.5. The number of rotatable bonds is 5. The number of halogens is 1. The Hall–Kier alpha value is -3.00. The standard InChI is InChI=1S/C28H28FN3O2S/c1-34-28(33)26-15-22-21-6-2-3-7-23(21)31-27(22)25-14-19(30-16-20-5-4-12-35-20)13-24(32(25)26)17-8-10-18(29)11-9-17/h2-12,19,24-26,30-31H,13-16H2,1H3/t19-,24-,25+,26-/m0/s1. The Balaban J connectivity index is 1.44. The molecule has 0 spiro atoms. The van der Waals surface area contributed by atoms with E-state index in [-0.39, 0.29) is 29.9 Å². The number of benzene rings is 2. The zero-order valence-electron chi connectivity index (χ0n) is 19.5. The Labute approximate surface area is 207 Å². The molecule has 4 heterocycles. The molecule has 1 saturated heterocycles. The first-order valence-electron chi connectivity index (χ1n) is 12.1. The van der Waals surface area contributed by atoms with Crippen molar-refractivity contribution in [3.63, 3.8) is 0 Å². The largest absolute Gasteiger partial charge is 0.468 e. The van der Waals surface area contributed by atoms with Crippen molar-refractivity contribution >= 4 is 28.2 Å². The van der Waals surface area contributed by atoms with Crippen molar-refractivity contribution in [2.45, 2.75) is 50.0 Å². The minimum absolute atomic E-state index is 0.0138. The predicted octanol–water partition coefficient (Wildman–Crippen LogP) is 5.50. The molecule has 2 N–H and O–H groups in total. The predicted molar refractivity (Wildman–Crippen MR) is 136 cm³/mol.